The molecule has 4 rings (SSSR count). The van der Waals surface area contributed by atoms with Crippen LogP contribution in [0, 0.1) is 13.8 Å². The number of hydrogen-bond donors (Lipinski definition) is 1. The van der Waals surface area contributed by atoms with E-state index in [0.29, 0.717) is 17.1 Å². The van der Waals surface area contributed by atoms with Gasteiger partial charge in [-0.25, -0.2) is 4.68 Å². The fourth-order valence-electron chi connectivity index (χ4n) is 3.49. The molecule has 2 heterocycles. The van der Waals surface area contributed by atoms with Gasteiger partial charge in [0.1, 0.15) is 5.82 Å². The number of aromatic nitrogens is 2. The molecule has 1 amide bonds. The molecule has 156 valence electrons. The van der Waals surface area contributed by atoms with Gasteiger partial charge in [-0.15, -0.1) is 0 Å². The van der Waals surface area contributed by atoms with E-state index in [1.165, 1.54) is 12.1 Å². The average Bonchev–Trinajstić information content (AvgIpc) is 3.18. The van der Waals surface area contributed by atoms with E-state index in [1.807, 2.05) is 32.0 Å². The molecule has 0 unspecified atom stereocenters. The van der Waals surface area contributed by atoms with E-state index in [9.17, 15) is 22.2 Å². The van der Waals surface area contributed by atoms with E-state index in [4.69, 9.17) is 0 Å². The summed E-state index contributed by atoms with van der Waals surface area (Å²) in [5.41, 5.74) is 2.97. The minimum absolute atomic E-state index is 0.119. The van der Waals surface area contributed by atoms with Crippen LogP contribution in [0.1, 0.15) is 38.3 Å². The summed E-state index contributed by atoms with van der Waals surface area (Å²) in [5, 5.41) is 7.24. The molecule has 1 aliphatic rings. The minimum atomic E-state index is -4.55. The quantitative estimate of drug-likeness (QED) is 0.661. The Morgan fingerprint density at radius 3 is 2.60 bits per heavy atom. The Hall–Kier alpha value is -2.94. The maximum absolute atomic E-state index is 13.0. The number of halogens is 3. The van der Waals surface area contributed by atoms with Crippen molar-refractivity contribution in [3.63, 3.8) is 0 Å². The van der Waals surface area contributed by atoms with Gasteiger partial charge in [-0.1, -0.05) is 23.8 Å². The van der Waals surface area contributed by atoms with Crippen molar-refractivity contribution in [3.05, 3.63) is 76.0 Å². The molecule has 1 aromatic heterocycles. The molecule has 1 aliphatic heterocycles. The molecule has 0 aliphatic carbocycles. The second-order valence-electron chi connectivity index (χ2n) is 7.24. The van der Waals surface area contributed by atoms with Gasteiger partial charge in [-0.2, -0.15) is 18.3 Å². The van der Waals surface area contributed by atoms with Crippen LogP contribution in [0.3, 0.4) is 0 Å². The molecule has 0 saturated heterocycles. The van der Waals surface area contributed by atoms with Crippen molar-refractivity contribution in [2.24, 2.45) is 0 Å². The number of rotatable bonds is 3. The zero-order chi connectivity index (χ0) is 21.6. The maximum Gasteiger partial charge on any atom is 0.416 e. The fourth-order valence-corrected chi connectivity index (χ4v) is 4.75. The van der Waals surface area contributed by atoms with Crippen LogP contribution in [0.4, 0.5) is 19.0 Å². The lowest BCUT2D eigenvalue weighted by atomic mass is 10.1. The predicted octanol–water partition coefficient (Wildman–Crippen LogP) is 4.52. The topological polar surface area (TPSA) is 64.0 Å². The van der Waals surface area contributed by atoms with Crippen LogP contribution in [0.2, 0.25) is 0 Å². The first kappa shape index (κ1) is 20.3. The molecular formula is C21H18F3N3O2S. The number of carbonyl (C=O) groups excluding carboxylic acids is 1. The van der Waals surface area contributed by atoms with Crippen molar-refractivity contribution >= 4 is 22.5 Å². The number of hydrogen-bond acceptors (Lipinski definition) is 3. The normalized spacial score (nSPS) is 15.8. The molecule has 0 spiro atoms. The molecular weight excluding hydrogens is 415 g/mol. The molecule has 2 aromatic carbocycles. The van der Waals surface area contributed by atoms with Crippen LogP contribution in [0.25, 0.3) is 5.69 Å². The van der Waals surface area contributed by atoms with Gasteiger partial charge in [-0.3, -0.25) is 9.00 Å². The molecule has 1 N–H and O–H groups in total. The number of fused-ring (bicyclic) bond motifs is 1. The Labute approximate surface area is 173 Å². The first-order valence-electron chi connectivity index (χ1n) is 9.15. The summed E-state index contributed by atoms with van der Waals surface area (Å²) in [4.78, 5) is 12.8. The molecule has 30 heavy (non-hydrogen) atoms. The summed E-state index contributed by atoms with van der Waals surface area (Å²) in [6.07, 6.45) is -4.55. The maximum atomic E-state index is 13.0. The average molecular weight is 433 g/mol. The van der Waals surface area contributed by atoms with Gasteiger partial charge in [0, 0.05) is 21.9 Å². The highest BCUT2D eigenvalue weighted by Crippen LogP contribution is 2.33. The van der Waals surface area contributed by atoms with E-state index in [0.717, 1.165) is 28.9 Å². The molecule has 0 bridgehead atoms. The van der Waals surface area contributed by atoms with Gasteiger partial charge in [0.25, 0.3) is 5.91 Å². The summed E-state index contributed by atoms with van der Waals surface area (Å²) >= 11 is 0. The highest BCUT2D eigenvalue weighted by molar-refractivity contribution is 7.83. The van der Waals surface area contributed by atoms with Crippen LogP contribution < -0.4 is 5.32 Å². The third kappa shape index (κ3) is 3.77. The molecule has 0 radical (unpaired) electrons. The van der Waals surface area contributed by atoms with Crippen LogP contribution in [-0.2, 0) is 28.5 Å². The van der Waals surface area contributed by atoms with Crippen LogP contribution in [0.15, 0.2) is 42.5 Å². The van der Waals surface area contributed by atoms with Crippen molar-refractivity contribution < 1.29 is 22.2 Å². The van der Waals surface area contributed by atoms with Crippen molar-refractivity contribution in [1.82, 2.24) is 9.78 Å². The van der Waals surface area contributed by atoms with Gasteiger partial charge >= 0.3 is 6.18 Å². The molecule has 0 fully saturated rings. The summed E-state index contributed by atoms with van der Waals surface area (Å²) in [6, 6.07) is 9.98. The first-order valence-corrected chi connectivity index (χ1v) is 10.6. The van der Waals surface area contributed by atoms with Crippen molar-refractivity contribution in [3.8, 4) is 5.69 Å². The summed E-state index contributed by atoms with van der Waals surface area (Å²) < 4.78 is 52.6. The molecule has 3 aromatic rings. The Morgan fingerprint density at radius 1 is 1.13 bits per heavy atom. The van der Waals surface area contributed by atoms with E-state index in [1.54, 1.807) is 4.68 Å². The van der Waals surface area contributed by atoms with Crippen molar-refractivity contribution in [2.45, 2.75) is 31.5 Å². The molecule has 9 heteroatoms. The van der Waals surface area contributed by atoms with Gasteiger partial charge in [0.05, 0.1) is 28.5 Å². The fraction of sp³-hybridized carbons (Fsp3) is 0.238. The Morgan fingerprint density at radius 2 is 1.90 bits per heavy atom. The molecule has 1 atom stereocenters. The summed E-state index contributed by atoms with van der Waals surface area (Å²) in [7, 11) is -1.12. The van der Waals surface area contributed by atoms with Crippen molar-refractivity contribution in [2.75, 3.05) is 5.32 Å². The SMILES string of the molecule is Cc1ccc(-n2nc3c(c2NC(=O)c2cccc(C(F)(F)F)c2)C[S@](=O)C3)c(C)c1. The van der Waals surface area contributed by atoms with Gasteiger partial charge in [0.15, 0.2) is 0 Å². The number of carbonyl (C=O) groups is 1. The lowest BCUT2D eigenvalue weighted by Gasteiger charge is -2.14. The zero-order valence-corrected chi connectivity index (χ0v) is 17.0. The van der Waals surface area contributed by atoms with Crippen LogP contribution in [0.5, 0.6) is 0 Å². The molecule has 5 nitrogen and oxygen atoms in total. The van der Waals surface area contributed by atoms with E-state index in [-0.39, 0.29) is 17.1 Å². The number of benzene rings is 2. The highest BCUT2D eigenvalue weighted by atomic mass is 32.2. The lowest BCUT2D eigenvalue weighted by molar-refractivity contribution is -0.137. The third-order valence-corrected chi connectivity index (χ3v) is 6.14. The number of nitrogens with one attached hydrogen (secondary N) is 1. The second kappa shape index (κ2) is 7.39. The smallest absolute Gasteiger partial charge is 0.306 e. The number of amides is 1. The largest absolute Gasteiger partial charge is 0.416 e. The zero-order valence-electron chi connectivity index (χ0n) is 16.2. The Balaban J connectivity index is 1.75. The van der Waals surface area contributed by atoms with Gasteiger partial charge in [0.2, 0.25) is 0 Å². The Kier molecular flexibility index (Phi) is 5.01. The van der Waals surface area contributed by atoms with E-state index < -0.39 is 28.4 Å². The van der Waals surface area contributed by atoms with Gasteiger partial charge < -0.3 is 5.32 Å². The van der Waals surface area contributed by atoms with E-state index >= 15 is 0 Å². The highest BCUT2D eigenvalue weighted by Gasteiger charge is 2.32. The first-order chi connectivity index (χ1) is 14.1. The van der Waals surface area contributed by atoms with Crippen LogP contribution in [-0.4, -0.2) is 19.9 Å². The predicted molar refractivity (Wildman–Crippen MR) is 108 cm³/mol. The van der Waals surface area contributed by atoms with Crippen molar-refractivity contribution in [1.29, 1.82) is 0 Å². The minimum Gasteiger partial charge on any atom is -0.306 e. The van der Waals surface area contributed by atoms with Gasteiger partial charge in [-0.05, 0) is 43.7 Å². The number of anilines is 1. The summed E-state index contributed by atoms with van der Waals surface area (Å²) in [6.45, 7) is 3.87. The number of aryl methyl sites for hydroxylation is 2. The lowest BCUT2D eigenvalue weighted by Crippen LogP contribution is -2.18. The number of nitrogens with zero attached hydrogens (tertiary/aromatic N) is 2. The monoisotopic (exact) mass is 433 g/mol. The van der Waals surface area contributed by atoms with E-state index in [2.05, 4.69) is 10.4 Å². The number of alkyl halides is 3. The third-order valence-electron chi connectivity index (χ3n) is 4.93. The molecule has 0 saturated carbocycles. The summed E-state index contributed by atoms with van der Waals surface area (Å²) in [5.74, 6) is 0.163. The second-order valence-corrected chi connectivity index (χ2v) is 8.69. The standard InChI is InChI=1S/C21H18F3N3O2S/c1-12-6-7-18(13(2)8-12)27-19(16-10-30(29)11-17(16)26-27)25-20(28)14-4-3-5-15(9-14)21(22,23)24/h3-9H,10-11H2,1-2H3,(H,25,28)/t30-/m0/s1. The van der Waals surface area contributed by atoms with Crippen LogP contribution >= 0.6 is 0 Å². The Bertz CT molecular complexity index is 1180.